The monoisotopic (exact) mass is 200 g/mol. The predicted molar refractivity (Wildman–Crippen MR) is 59.3 cm³/mol. The highest BCUT2D eigenvalue weighted by Crippen LogP contribution is 2.16. The number of hydrogen-bond donors (Lipinski definition) is 2. The first-order chi connectivity index (χ1) is 6.86. The maximum Gasteiger partial charge on any atom is 0.0817 e. The molecule has 0 heterocycles. The maximum absolute atomic E-state index is 5.56. The molecule has 1 unspecified atom stereocenters. The molecule has 0 aromatic heterocycles. The molecule has 1 atom stereocenters. The van der Waals surface area contributed by atoms with Gasteiger partial charge >= 0.3 is 0 Å². The van der Waals surface area contributed by atoms with Gasteiger partial charge in [0.25, 0.3) is 0 Å². The zero-order chi connectivity index (χ0) is 10.2. The van der Waals surface area contributed by atoms with Gasteiger partial charge in [-0.15, -0.1) is 0 Å². The van der Waals surface area contributed by atoms with E-state index in [-0.39, 0.29) is 6.10 Å². The smallest absolute Gasteiger partial charge is 0.0817 e. The van der Waals surface area contributed by atoms with Gasteiger partial charge in [-0.05, 0) is 12.8 Å². The number of methoxy groups -OCH3 is 1. The summed E-state index contributed by atoms with van der Waals surface area (Å²) in [4.78, 5) is 0. The van der Waals surface area contributed by atoms with Crippen LogP contribution in [-0.2, 0) is 4.74 Å². The van der Waals surface area contributed by atoms with Crippen LogP contribution >= 0.6 is 0 Å². The molecule has 0 bridgehead atoms. The van der Waals surface area contributed by atoms with Gasteiger partial charge in [0.05, 0.1) is 6.10 Å². The molecular weight excluding hydrogens is 176 g/mol. The second-order valence-electron chi connectivity index (χ2n) is 4.19. The fourth-order valence-corrected chi connectivity index (χ4v) is 2.04. The van der Waals surface area contributed by atoms with E-state index in [4.69, 9.17) is 10.5 Å². The third kappa shape index (κ3) is 4.40. The Balaban J connectivity index is 2.14. The molecular formula is C11H24N2O. The third-order valence-electron chi connectivity index (χ3n) is 3.09. The molecule has 0 radical (unpaired) electrons. The summed E-state index contributed by atoms with van der Waals surface area (Å²) in [5.74, 6) is 0. The van der Waals surface area contributed by atoms with Crippen molar-refractivity contribution in [2.45, 2.75) is 50.7 Å². The van der Waals surface area contributed by atoms with Crippen molar-refractivity contribution < 1.29 is 4.74 Å². The van der Waals surface area contributed by atoms with Gasteiger partial charge in [-0.2, -0.15) is 0 Å². The summed E-state index contributed by atoms with van der Waals surface area (Å²) in [6.07, 6.45) is 8.38. The molecule has 0 spiro atoms. The van der Waals surface area contributed by atoms with Gasteiger partial charge in [-0.25, -0.2) is 0 Å². The van der Waals surface area contributed by atoms with Crippen molar-refractivity contribution >= 4 is 0 Å². The largest absolute Gasteiger partial charge is 0.379 e. The first kappa shape index (κ1) is 12.0. The lowest BCUT2D eigenvalue weighted by Crippen LogP contribution is -2.39. The van der Waals surface area contributed by atoms with Crippen LogP contribution in [0, 0.1) is 0 Å². The van der Waals surface area contributed by atoms with E-state index < -0.39 is 0 Å². The molecule has 0 aromatic rings. The molecule has 1 aliphatic rings. The summed E-state index contributed by atoms with van der Waals surface area (Å²) in [5, 5.41) is 3.56. The van der Waals surface area contributed by atoms with Crippen LogP contribution in [0.25, 0.3) is 0 Å². The summed E-state index contributed by atoms with van der Waals surface area (Å²) >= 11 is 0. The van der Waals surface area contributed by atoms with Gasteiger partial charge in [0.2, 0.25) is 0 Å². The van der Waals surface area contributed by atoms with Crippen LogP contribution in [-0.4, -0.2) is 32.3 Å². The molecule has 0 amide bonds. The maximum atomic E-state index is 5.56. The zero-order valence-corrected chi connectivity index (χ0v) is 9.30. The van der Waals surface area contributed by atoms with E-state index in [0.29, 0.717) is 12.6 Å². The SMILES string of the molecule is COC(CN)CNC1CCCCCC1. The molecule has 84 valence electrons. The summed E-state index contributed by atoms with van der Waals surface area (Å²) in [6, 6.07) is 0.696. The van der Waals surface area contributed by atoms with Crippen molar-refractivity contribution in [3.8, 4) is 0 Å². The van der Waals surface area contributed by atoms with E-state index in [0.717, 1.165) is 6.54 Å². The van der Waals surface area contributed by atoms with Crippen LogP contribution in [0.3, 0.4) is 0 Å². The van der Waals surface area contributed by atoms with E-state index in [1.54, 1.807) is 7.11 Å². The fraction of sp³-hybridized carbons (Fsp3) is 1.00. The molecule has 3 N–H and O–H groups in total. The molecule has 14 heavy (non-hydrogen) atoms. The van der Waals surface area contributed by atoms with Crippen LogP contribution in [0.4, 0.5) is 0 Å². The second kappa shape index (κ2) is 7.21. The topological polar surface area (TPSA) is 47.3 Å². The molecule has 0 aliphatic heterocycles. The van der Waals surface area contributed by atoms with Crippen molar-refractivity contribution in [2.24, 2.45) is 5.73 Å². The Bertz CT molecular complexity index is 129. The molecule has 1 aliphatic carbocycles. The minimum Gasteiger partial charge on any atom is -0.379 e. The van der Waals surface area contributed by atoms with Crippen molar-refractivity contribution in [3.05, 3.63) is 0 Å². The quantitative estimate of drug-likeness (QED) is 0.657. The van der Waals surface area contributed by atoms with Crippen LogP contribution in [0.15, 0.2) is 0 Å². The Hall–Kier alpha value is -0.120. The molecule has 1 saturated carbocycles. The lowest BCUT2D eigenvalue weighted by atomic mass is 10.1. The van der Waals surface area contributed by atoms with E-state index in [2.05, 4.69) is 5.32 Å². The van der Waals surface area contributed by atoms with Gasteiger partial charge < -0.3 is 15.8 Å². The average molecular weight is 200 g/mol. The van der Waals surface area contributed by atoms with E-state index in [1.807, 2.05) is 0 Å². The van der Waals surface area contributed by atoms with Crippen LogP contribution < -0.4 is 11.1 Å². The molecule has 1 rings (SSSR count). The van der Waals surface area contributed by atoms with Gasteiger partial charge in [0.1, 0.15) is 0 Å². The van der Waals surface area contributed by atoms with Gasteiger partial charge in [0.15, 0.2) is 0 Å². The van der Waals surface area contributed by atoms with E-state index in [9.17, 15) is 0 Å². The lowest BCUT2D eigenvalue weighted by Gasteiger charge is -2.20. The Kier molecular flexibility index (Phi) is 6.15. The zero-order valence-electron chi connectivity index (χ0n) is 9.30. The first-order valence-corrected chi connectivity index (χ1v) is 5.83. The Morgan fingerprint density at radius 1 is 1.29 bits per heavy atom. The van der Waals surface area contributed by atoms with Crippen LogP contribution in [0.5, 0.6) is 0 Å². The van der Waals surface area contributed by atoms with Gasteiger partial charge in [0, 0.05) is 26.2 Å². The summed E-state index contributed by atoms with van der Waals surface area (Å²) in [6.45, 7) is 1.51. The highest BCUT2D eigenvalue weighted by atomic mass is 16.5. The van der Waals surface area contributed by atoms with Crippen molar-refractivity contribution in [1.29, 1.82) is 0 Å². The minimum absolute atomic E-state index is 0.179. The second-order valence-corrected chi connectivity index (χ2v) is 4.19. The number of rotatable bonds is 5. The normalized spacial score (nSPS) is 21.9. The van der Waals surface area contributed by atoms with E-state index >= 15 is 0 Å². The summed E-state index contributed by atoms with van der Waals surface area (Å²) in [5.41, 5.74) is 5.56. The Morgan fingerprint density at radius 2 is 1.93 bits per heavy atom. The van der Waals surface area contributed by atoms with Gasteiger partial charge in [-0.1, -0.05) is 25.7 Å². The van der Waals surface area contributed by atoms with Crippen molar-refractivity contribution in [3.63, 3.8) is 0 Å². The molecule has 3 nitrogen and oxygen atoms in total. The number of hydrogen-bond acceptors (Lipinski definition) is 3. The molecule has 0 saturated heterocycles. The van der Waals surface area contributed by atoms with Crippen LogP contribution in [0.1, 0.15) is 38.5 Å². The van der Waals surface area contributed by atoms with Gasteiger partial charge in [-0.3, -0.25) is 0 Å². The summed E-state index contributed by atoms with van der Waals surface area (Å²) < 4.78 is 5.23. The Morgan fingerprint density at radius 3 is 2.43 bits per heavy atom. The minimum atomic E-state index is 0.179. The fourth-order valence-electron chi connectivity index (χ4n) is 2.04. The predicted octanol–water partition coefficient (Wildman–Crippen LogP) is 1.27. The van der Waals surface area contributed by atoms with Crippen molar-refractivity contribution in [1.82, 2.24) is 5.32 Å². The van der Waals surface area contributed by atoms with Crippen LogP contribution in [0.2, 0.25) is 0 Å². The summed E-state index contributed by atoms with van der Waals surface area (Å²) in [7, 11) is 1.73. The highest BCUT2D eigenvalue weighted by molar-refractivity contribution is 4.73. The Labute approximate surface area is 87.4 Å². The van der Waals surface area contributed by atoms with E-state index in [1.165, 1.54) is 38.5 Å². The average Bonchev–Trinajstić information content (AvgIpc) is 2.48. The number of nitrogens with two attached hydrogens (primary N) is 1. The molecule has 1 fully saturated rings. The molecule has 3 heteroatoms. The number of nitrogens with one attached hydrogen (secondary N) is 1. The lowest BCUT2D eigenvalue weighted by molar-refractivity contribution is 0.105. The third-order valence-corrected chi connectivity index (χ3v) is 3.09. The standard InChI is InChI=1S/C11H24N2O/c1-14-11(8-12)9-13-10-6-4-2-3-5-7-10/h10-11,13H,2-9,12H2,1H3. The highest BCUT2D eigenvalue weighted by Gasteiger charge is 2.13. The first-order valence-electron chi connectivity index (χ1n) is 5.83. The van der Waals surface area contributed by atoms with Crippen molar-refractivity contribution in [2.75, 3.05) is 20.2 Å². The molecule has 0 aromatic carbocycles. The number of ether oxygens (including phenoxy) is 1.